The van der Waals surface area contributed by atoms with Crippen molar-refractivity contribution in [2.75, 3.05) is 20.2 Å². The minimum Gasteiger partial charge on any atom is -0.494 e. The molecule has 1 amide bonds. The van der Waals surface area contributed by atoms with Crippen molar-refractivity contribution in [3.05, 3.63) is 56.9 Å². The number of nitro benzene ring substituents is 1. The van der Waals surface area contributed by atoms with E-state index in [1.165, 1.54) is 47.8 Å². The Bertz CT molecular complexity index is 1420. The van der Waals surface area contributed by atoms with Crippen molar-refractivity contribution in [1.82, 2.24) is 8.87 Å². The van der Waals surface area contributed by atoms with Crippen molar-refractivity contribution in [3.63, 3.8) is 0 Å². The standard InChI is InChI=1S/C22H24N4O6S2/c1-3-25-20-18(32-2)13-16(26(28)29)14-19(20)33-22(25)23-21(27)15-7-9-17(10-8-15)34(30,31)24-11-5-4-6-12-24/h7-10,13-14H,3-6,11-12H2,1-2H3. The highest BCUT2D eigenvalue weighted by molar-refractivity contribution is 7.89. The van der Waals surface area contributed by atoms with Crippen molar-refractivity contribution in [3.8, 4) is 5.75 Å². The van der Waals surface area contributed by atoms with Gasteiger partial charge in [-0.2, -0.15) is 9.30 Å². The lowest BCUT2D eigenvalue weighted by Gasteiger charge is -2.25. The Balaban J connectivity index is 1.70. The maximum absolute atomic E-state index is 12.9. The average molecular weight is 505 g/mol. The van der Waals surface area contributed by atoms with Gasteiger partial charge in [-0.25, -0.2) is 8.42 Å². The summed E-state index contributed by atoms with van der Waals surface area (Å²) in [6.07, 6.45) is 2.71. The largest absolute Gasteiger partial charge is 0.494 e. The van der Waals surface area contributed by atoms with Gasteiger partial charge in [0, 0.05) is 31.3 Å². The number of amides is 1. The molecular formula is C22H24N4O6S2. The molecule has 180 valence electrons. The summed E-state index contributed by atoms with van der Waals surface area (Å²) < 4.78 is 34.8. The normalized spacial score (nSPS) is 15.5. The van der Waals surface area contributed by atoms with E-state index in [4.69, 9.17) is 4.74 Å². The van der Waals surface area contributed by atoms with Crippen molar-refractivity contribution in [1.29, 1.82) is 0 Å². The summed E-state index contributed by atoms with van der Waals surface area (Å²) in [6, 6.07) is 8.54. The molecule has 1 aliphatic rings. The summed E-state index contributed by atoms with van der Waals surface area (Å²) in [5.74, 6) is -0.215. The number of aryl methyl sites for hydroxylation is 1. The summed E-state index contributed by atoms with van der Waals surface area (Å²) in [5, 5.41) is 11.3. The molecule has 0 aliphatic carbocycles. The van der Waals surface area contributed by atoms with E-state index in [0.29, 0.717) is 40.4 Å². The molecule has 0 radical (unpaired) electrons. The SMILES string of the molecule is CCn1c(=NC(=O)c2ccc(S(=O)(=O)N3CCCCC3)cc2)sc2cc([N+](=O)[O-])cc(OC)c21. The Morgan fingerprint density at radius 3 is 2.44 bits per heavy atom. The summed E-state index contributed by atoms with van der Waals surface area (Å²) in [4.78, 5) is 28.4. The summed E-state index contributed by atoms with van der Waals surface area (Å²) in [5.41, 5.74) is 0.753. The molecular weight excluding hydrogens is 480 g/mol. The molecule has 1 aromatic heterocycles. The average Bonchev–Trinajstić information content (AvgIpc) is 3.20. The summed E-state index contributed by atoms with van der Waals surface area (Å²) in [7, 11) is -2.16. The fraction of sp³-hybridized carbons (Fsp3) is 0.364. The first kappa shape index (κ1) is 24.0. The molecule has 1 fully saturated rings. The number of thiazole rings is 1. The molecule has 12 heteroatoms. The Labute approximate surface area is 200 Å². The second-order valence-corrected chi connectivity index (χ2v) is 10.7. The maximum Gasteiger partial charge on any atom is 0.279 e. The Hall–Kier alpha value is -3.09. The summed E-state index contributed by atoms with van der Waals surface area (Å²) in [6.45, 7) is 3.34. The van der Waals surface area contributed by atoms with Crippen LogP contribution in [0.2, 0.25) is 0 Å². The lowest BCUT2D eigenvalue weighted by atomic mass is 10.2. The minimum absolute atomic E-state index is 0.114. The number of nitro groups is 1. The maximum atomic E-state index is 12.9. The highest BCUT2D eigenvalue weighted by Gasteiger charge is 2.26. The number of benzene rings is 2. The second-order valence-electron chi connectivity index (χ2n) is 7.79. The van der Waals surface area contributed by atoms with Gasteiger partial charge in [0.2, 0.25) is 10.0 Å². The molecule has 0 saturated carbocycles. The quantitative estimate of drug-likeness (QED) is 0.373. The zero-order valence-corrected chi connectivity index (χ0v) is 20.4. The third kappa shape index (κ3) is 4.48. The second kappa shape index (κ2) is 9.65. The van der Waals surface area contributed by atoms with Crippen LogP contribution in [0.1, 0.15) is 36.5 Å². The van der Waals surface area contributed by atoms with Crippen LogP contribution in [-0.4, -0.2) is 48.3 Å². The molecule has 4 rings (SSSR count). The van der Waals surface area contributed by atoms with Gasteiger partial charge in [0.15, 0.2) is 10.6 Å². The van der Waals surface area contributed by atoms with E-state index < -0.39 is 20.9 Å². The predicted molar refractivity (Wildman–Crippen MR) is 128 cm³/mol. The smallest absolute Gasteiger partial charge is 0.279 e. The van der Waals surface area contributed by atoms with Crippen LogP contribution in [-0.2, 0) is 16.6 Å². The van der Waals surface area contributed by atoms with Gasteiger partial charge in [-0.05, 0) is 44.0 Å². The van der Waals surface area contributed by atoms with Crippen LogP contribution in [0.25, 0.3) is 10.2 Å². The van der Waals surface area contributed by atoms with Gasteiger partial charge in [-0.3, -0.25) is 14.9 Å². The third-order valence-electron chi connectivity index (χ3n) is 5.73. The number of hydrogen-bond acceptors (Lipinski definition) is 7. The molecule has 1 saturated heterocycles. The van der Waals surface area contributed by atoms with Crippen molar-refractivity contribution >= 4 is 43.2 Å². The number of piperidine rings is 1. The van der Waals surface area contributed by atoms with E-state index in [1.807, 2.05) is 6.92 Å². The molecule has 3 aromatic rings. The zero-order chi connectivity index (χ0) is 24.5. The zero-order valence-electron chi connectivity index (χ0n) is 18.8. The number of sulfonamides is 1. The molecule has 0 unspecified atom stereocenters. The lowest BCUT2D eigenvalue weighted by molar-refractivity contribution is -0.384. The van der Waals surface area contributed by atoms with Crippen LogP contribution in [0.4, 0.5) is 5.69 Å². The number of carbonyl (C=O) groups is 1. The monoisotopic (exact) mass is 504 g/mol. The highest BCUT2D eigenvalue weighted by Crippen LogP contribution is 2.32. The molecule has 0 N–H and O–H groups in total. The summed E-state index contributed by atoms with van der Waals surface area (Å²) >= 11 is 1.15. The molecule has 34 heavy (non-hydrogen) atoms. The van der Waals surface area contributed by atoms with Gasteiger partial charge in [-0.1, -0.05) is 17.8 Å². The number of non-ortho nitro benzene ring substituents is 1. The molecule has 0 atom stereocenters. The fourth-order valence-electron chi connectivity index (χ4n) is 3.97. The van der Waals surface area contributed by atoms with E-state index in [2.05, 4.69) is 4.99 Å². The molecule has 0 spiro atoms. The fourth-order valence-corrected chi connectivity index (χ4v) is 6.63. The molecule has 10 nitrogen and oxygen atoms in total. The van der Waals surface area contributed by atoms with Gasteiger partial charge in [0.05, 0.1) is 27.7 Å². The Morgan fingerprint density at radius 2 is 1.85 bits per heavy atom. The van der Waals surface area contributed by atoms with E-state index in [0.717, 1.165) is 30.6 Å². The number of hydrogen-bond donors (Lipinski definition) is 0. The van der Waals surface area contributed by atoms with Crippen LogP contribution < -0.4 is 9.54 Å². The van der Waals surface area contributed by atoms with E-state index in [1.54, 1.807) is 4.57 Å². The molecule has 1 aliphatic heterocycles. The lowest BCUT2D eigenvalue weighted by Crippen LogP contribution is -2.35. The van der Waals surface area contributed by atoms with Crippen LogP contribution >= 0.6 is 11.3 Å². The van der Waals surface area contributed by atoms with Gasteiger partial charge in [0.25, 0.3) is 11.6 Å². The predicted octanol–water partition coefficient (Wildman–Crippen LogP) is 3.56. The Kier molecular flexibility index (Phi) is 6.82. The van der Waals surface area contributed by atoms with Gasteiger partial charge < -0.3 is 9.30 Å². The van der Waals surface area contributed by atoms with Crippen molar-refractivity contribution in [2.45, 2.75) is 37.6 Å². The van der Waals surface area contributed by atoms with Crippen LogP contribution in [0, 0.1) is 10.1 Å². The van der Waals surface area contributed by atoms with Gasteiger partial charge in [-0.15, -0.1) is 0 Å². The minimum atomic E-state index is -3.59. The first-order chi connectivity index (χ1) is 16.3. The van der Waals surface area contributed by atoms with Crippen LogP contribution in [0.15, 0.2) is 46.3 Å². The highest BCUT2D eigenvalue weighted by atomic mass is 32.2. The van der Waals surface area contributed by atoms with Crippen molar-refractivity contribution in [2.24, 2.45) is 4.99 Å². The number of carbonyl (C=O) groups excluding carboxylic acids is 1. The van der Waals surface area contributed by atoms with Gasteiger partial charge in [0.1, 0.15) is 5.52 Å². The third-order valence-corrected chi connectivity index (χ3v) is 8.66. The number of methoxy groups -OCH3 is 1. The first-order valence-electron chi connectivity index (χ1n) is 10.8. The first-order valence-corrected chi connectivity index (χ1v) is 13.1. The van der Waals surface area contributed by atoms with E-state index in [9.17, 15) is 23.3 Å². The topological polar surface area (TPSA) is 124 Å². The van der Waals surface area contributed by atoms with Crippen molar-refractivity contribution < 1.29 is 22.9 Å². The number of aromatic nitrogens is 1. The number of ether oxygens (including phenoxy) is 1. The number of nitrogens with zero attached hydrogens (tertiary/aromatic N) is 4. The molecule has 2 heterocycles. The Morgan fingerprint density at radius 1 is 1.18 bits per heavy atom. The number of fused-ring (bicyclic) bond motifs is 1. The van der Waals surface area contributed by atoms with Crippen LogP contribution in [0.5, 0.6) is 5.75 Å². The molecule has 2 aromatic carbocycles. The number of rotatable bonds is 6. The van der Waals surface area contributed by atoms with E-state index in [-0.39, 0.29) is 16.1 Å². The van der Waals surface area contributed by atoms with E-state index >= 15 is 0 Å². The molecule has 0 bridgehead atoms. The van der Waals surface area contributed by atoms with Gasteiger partial charge >= 0.3 is 0 Å². The van der Waals surface area contributed by atoms with Crippen LogP contribution in [0.3, 0.4) is 0 Å².